The molecule has 1 heterocycles. The van der Waals surface area contributed by atoms with Gasteiger partial charge in [0.2, 0.25) is 5.91 Å². The Balaban J connectivity index is 1.75. The zero-order valence-corrected chi connectivity index (χ0v) is 15.0. The maximum absolute atomic E-state index is 12.7. The first-order valence-electron chi connectivity index (χ1n) is 8.12. The summed E-state index contributed by atoms with van der Waals surface area (Å²) in [6, 6.07) is 14.3. The molecule has 2 aromatic carbocycles. The minimum Gasteiger partial charge on any atom is -0.494 e. The summed E-state index contributed by atoms with van der Waals surface area (Å²) < 4.78 is 5.40. The maximum Gasteiger partial charge on any atom is 0.256 e. The average Bonchev–Trinajstić information content (AvgIpc) is 2.90. The number of rotatable bonds is 6. The normalized spacial score (nSPS) is 17.0. The summed E-state index contributed by atoms with van der Waals surface area (Å²) in [6.45, 7) is 2.48. The van der Waals surface area contributed by atoms with Crippen molar-refractivity contribution in [1.82, 2.24) is 0 Å². The monoisotopic (exact) mass is 356 g/mol. The lowest BCUT2D eigenvalue weighted by atomic mass is 10.2. The number of ether oxygens (including phenoxy) is 1. The van der Waals surface area contributed by atoms with E-state index in [4.69, 9.17) is 4.74 Å². The van der Waals surface area contributed by atoms with Crippen molar-refractivity contribution >= 4 is 35.0 Å². The molecule has 1 saturated heterocycles. The molecule has 25 heavy (non-hydrogen) atoms. The Hall–Kier alpha value is -2.47. The Morgan fingerprint density at radius 2 is 1.96 bits per heavy atom. The lowest BCUT2D eigenvalue weighted by Gasteiger charge is -2.17. The Kier molecular flexibility index (Phi) is 5.28. The van der Waals surface area contributed by atoms with Gasteiger partial charge in [0.15, 0.2) is 0 Å². The van der Waals surface area contributed by atoms with Crippen LogP contribution in [-0.2, 0) is 9.59 Å². The van der Waals surface area contributed by atoms with E-state index in [1.54, 1.807) is 36.0 Å². The number of nitrogens with one attached hydrogen (secondary N) is 1. The number of carbonyl (C=O) groups excluding carboxylic acids is 2. The number of nitrogens with zero attached hydrogens (tertiary/aromatic N) is 1. The Labute approximate surface area is 151 Å². The molecule has 0 aliphatic carbocycles. The van der Waals surface area contributed by atoms with Crippen molar-refractivity contribution in [3.05, 3.63) is 48.5 Å². The molecule has 0 saturated carbocycles. The summed E-state index contributed by atoms with van der Waals surface area (Å²) >= 11 is 1.63. The van der Waals surface area contributed by atoms with Crippen LogP contribution in [0.4, 0.5) is 11.4 Å². The predicted octanol–water partition coefficient (Wildman–Crippen LogP) is 3.55. The van der Waals surface area contributed by atoms with E-state index in [-0.39, 0.29) is 18.2 Å². The van der Waals surface area contributed by atoms with Gasteiger partial charge in [-0.1, -0.05) is 6.07 Å². The zero-order chi connectivity index (χ0) is 17.8. The second-order valence-corrected chi connectivity index (χ2v) is 6.51. The highest BCUT2D eigenvalue weighted by Gasteiger charge is 2.39. The van der Waals surface area contributed by atoms with Crippen LogP contribution in [0.25, 0.3) is 0 Å². The van der Waals surface area contributed by atoms with E-state index in [0.717, 1.165) is 10.6 Å². The molecule has 1 atom stereocenters. The fourth-order valence-electron chi connectivity index (χ4n) is 2.79. The van der Waals surface area contributed by atoms with Crippen LogP contribution in [0.5, 0.6) is 5.75 Å². The van der Waals surface area contributed by atoms with Gasteiger partial charge >= 0.3 is 0 Å². The number of amides is 2. The van der Waals surface area contributed by atoms with E-state index >= 15 is 0 Å². The van der Waals surface area contributed by atoms with E-state index < -0.39 is 6.04 Å². The molecule has 5 nitrogen and oxygen atoms in total. The number of anilines is 2. The second-order valence-electron chi connectivity index (χ2n) is 5.63. The van der Waals surface area contributed by atoms with Gasteiger partial charge in [0.05, 0.1) is 18.7 Å². The van der Waals surface area contributed by atoms with Gasteiger partial charge in [0, 0.05) is 10.6 Å². The van der Waals surface area contributed by atoms with Crippen molar-refractivity contribution in [3.63, 3.8) is 0 Å². The average molecular weight is 356 g/mol. The Morgan fingerprint density at radius 1 is 1.20 bits per heavy atom. The third kappa shape index (κ3) is 3.79. The van der Waals surface area contributed by atoms with Gasteiger partial charge in [-0.2, -0.15) is 0 Å². The number of hydrogen-bond acceptors (Lipinski definition) is 5. The standard InChI is InChI=1S/C19H20N2O3S/c1-3-24-15-9-7-14(8-10-15)21-18(22)12-17(19(21)23)20-13-5-4-6-16(11-13)25-2/h4-11,17,20H,3,12H2,1-2H3/t17-/m1/s1. The Morgan fingerprint density at radius 3 is 2.64 bits per heavy atom. The van der Waals surface area contributed by atoms with Gasteiger partial charge < -0.3 is 10.1 Å². The van der Waals surface area contributed by atoms with Crippen LogP contribution in [0.1, 0.15) is 13.3 Å². The molecule has 130 valence electrons. The molecule has 0 radical (unpaired) electrons. The number of benzene rings is 2. The highest BCUT2D eigenvalue weighted by molar-refractivity contribution is 7.98. The van der Waals surface area contributed by atoms with Gasteiger partial charge in [-0.05, 0) is 55.6 Å². The van der Waals surface area contributed by atoms with Gasteiger partial charge in [-0.3, -0.25) is 9.59 Å². The summed E-state index contributed by atoms with van der Waals surface area (Å²) in [5, 5.41) is 3.18. The topological polar surface area (TPSA) is 58.6 Å². The lowest BCUT2D eigenvalue weighted by molar-refractivity contribution is -0.121. The van der Waals surface area contributed by atoms with Crippen LogP contribution in [0.2, 0.25) is 0 Å². The van der Waals surface area contributed by atoms with Gasteiger partial charge in [0.1, 0.15) is 11.8 Å². The first kappa shape index (κ1) is 17.4. The van der Waals surface area contributed by atoms with Gasteiger partial charge in [0.25, 0.3) is 5.91 Å². The molecule has 0 spiro atoms. The molecule has 0 unspecified atom stereocenters. The smallest absolute Gasteiger partial charge is 0.256 e. The van der Waals surface area contributed by atoms with E-state index in [9.17, 15) is 9.59 Å². The molecule has 1 N–H and O–H groups in total. The molecular formula is C19H20N2O3S. The molecule has 1 aliphatic heterocycles. The van der Waals surface area contributed by atoms with Crippen molar-refractivity contribution in [2.75, 3.05) is 23.1 Å². The third-order valence-electron chi connectivity index (χ3n) is 3.96. The second kappa shape index (κ2) is 7.61. The van der Waals surface area contributed by atoms with E-state index in [1.807, 2.05) is 37.4 Å². The van der Waals surface area contributed by atoms with Crippen molar-refractivity contribution in [3.8, 4) is 5.75 Å². The number of thioether (sulfide) groups is 1. The van der Waals surface area contributed by atoms with Gasteiger partial charge in [-0.15, -0.1) is 11.8 Å². The summed E-state index contributed by atoms with van der Waals surface area (Å²) in [4.78, 5) is 27.4. The van der Waals surface area contributed by atoms with Crippen LogP contribution in [-0.4, -0.2) is 30.7 Å². The SMILES string of the molecule is CCOc1ccc(N2C(=O)C[C@@H](Nc3cccc(SC)c3)C2=O)cc1. The molecule has 3 rings (SSSR count). The summed E-state index contributed by atoms with van der Waals surface area (Å²) in [5.74, 6) is 0.283. The molecule has 1 aliphatic rings. The lowest BCUT2D eigenvalue weighted by Crippen LogP contribution is -2.34. The minimum absolute atomic E-state index is 0.148. The quantitative estimate of drug-likeness (QED) is 0.634. The number of hydrogen-bond donors (Lipinski definition) is 1. The molecule has 2 amide bonds. The van der Waals surface area contributed by atoms with Crippen LogP contribution >= 0.6 is 11.8 Å². The summed E-state index contributed by atoms with van der Waals surface area (Å²) in [5.41, 5.74) is 1.41. The van der Waals surface area contributed by atoms with Gasteiger partial charge in [-0.25, -0.2) is 4.90 Å². The molecule has 2 aromatic rings. The van der Waals surface area contributed by atoms with Crippen LogP contribution in [0.15, 0.2) is 53.4 Å². The number of imide groups is 1. The van der Waals surface area contributed by atoms with Crippen LogP contribution < -0.4 is 15.0 Å². The largest absolute Gasteiger partial charge is 0.494 e. The minimum atomic E-state index is -0.545. The zero-order valence-electron chi connectivity index (χ0n) is 14.2. The third-order valence-corrected chi connectivity index (χ3v) is 4.69. The van der Waals surface area contributed by atoms with Crippen molar-refractivity contribution < 1.29 is 14.3 Å². The highest BCUT2D eigenvalue weighted by Crippen LogP contribution is 2.27. The predicted molar refractivity (Wildman–Crippen MR) is 100 cm³/mol. The van der Waals surface area contributed by atoms with Crippen molar-refractivity contribution in [2.24, 2.45) is 0 Å². The molecule has 1 fully saturated rings. The number of carbonyl (C=O) groups is 2. The van der Waals surface area contributed by atoms with E-state index in [1.165, 1.54) is 4.90 Å². The van der Waals surface area contributed by atoms with E-state index in [2.05, 4.69) is 5.32 Å². The van der Waals surface area contributed by atoms with Crippen LogP contribution in [0, 0.1) is 0 Å². The maximum atomic E-state index is 12.7. The fourth-order valence-corrected chi connectivity index (χ4v) is 3.25. The Bertz CT molecular complexity index is 776. The fraction of sp³-hybridized carbons (Fsp3) is 0.263. The first-order chi connectivity index (χ1) is 12.1. The highest BCUT2D eigenvalue weighted by atomic mass is 32.2. The summed E-state index contributed by atoms with van der Waals surface area (Å²) in [7, 11) is 0. The first-order valence-corrected chi connectivity index (χ1v) is 9.35. The summed E-state index contributed by atoms with van der Waals surface area (Å²) in [6.07, 6.45) is 2.15. The van der Waals surface area contributed by atoms with Crippen molar-refractivity contribution in [1.29, 1.82) is 0 Å². The molecular weight excluding hydrogens is 336 g/mol. The van der Waals surface area contributed by atoms with Crippen LogP contribution in [0.3, 0.4) is 0 Å². The molecule has 6 heteroatoms. The van der Waals surface area contributed by atoms with Crippen molar-refractivity contribution in [2.45, 2.75) is 24.3 Å². The molecule has 0 aromatic heterocycles. The van der Waals surface area contributed by atoms with E-state index in [0.29, 0.717) is 18.0 Å². The molecule has 0 bridgehead atoms.